The summed E-state index contributed by atoms with van der Waals surface area (Å²) in [5, 5.41) is 13.6. The Labute approximate surface area is 253 Å². The van der Waals surface area contributed by atoms with E-state index in [1.807, 2.05) is 43.3 Å². The van der Waals surface area contributed by atoms with Crippen molar-refractivity contribution in [3.63, 3.8) is 0 Å². The molecule has 0 aliphatic heterocycles. The lowest BCUT2D eigenvalue weighted by molar-refractivity contribution is -0.132. The molecule has 6 nitrogen and oxygen atoms in total. The molecule has 1 saturated carbocycles. The number of hydrogen-bond acceptors (Lipinski definition) is 5. The summed E-state index contributed by atoms with van der Waals surface area (Å²) in [6.07, 6.45) is 11.5. The molecule has 0 unspecified atom stereocenters. The standard InChI is InChI=1S/C35H42N2O4S/c1-4-5-20-41-29-18-16-26(17-19-29)23-31(36-33(38)28-14-10-7-11-15-28)34-37-30(22-24(2)21-25(3)35(39)40)32(42-34)27-12-8-6-9-13-27/h6,8-9,12-13,16-19,21-22,28,31H,4-5,7,10-11,14-15,20,23H2,1-3H3,(H,36,38)(H,39,40)/b24-22+,25-21-/t31-/m0/s1. The zero-order valence-corrected chi connectivity index (χ0v) is 25.7. The lowest BCUT2D eigenvalue weighted by Gasteiger charge is -2.24. The molecule has 1 aromatic heterocycles. The molecule has 2 N–H and O–H groups in total. The molecule has 222 valence electrons. The summed E-state index contributed by atoms with van der Waals surface area (Å²) in [6.45, 7) is 6.31. The Hall–Kier alpha value is -3.71. The summed E-state index contributed by atoms with van der Waals surface area (Å²) in [5.41, 5.74) is 3.96. The molecule has 3 aromatic rings. The van der Waals surface area contributed by atoms with Gasteiger partial charge in [-0.2, -0.15) is 0 Å². The van der Waals surface area contributed by atoms with Crippen LogP contribution in [0.15, 0.2) is 71.8 Å². The minimum atomic E-state index is -0.947. The number of nitrogens with zero attached hydrogens (tertiary/aromatic N) is 1. The molecule has 7 heteroatoms. The maximum atomic E-state index is 13.5. The Morgan fingerprint density at radius 3 is 2.45 bits per heavy atom. The second-order valence-electron chi connectivity index (χ2n) is 11.1. The lowest BCUT2D eigenvalue weighted by atomic mass is 9.88. The number of allylic oxidation sites excluding steroid dienone is 2. The summed E-state index contributed by atoms with van der Waals surface area (Å²) in [7, 11) is 0. The average Bonchev–Trinajstić information content (AvgIpc) is 3.42. The van der Waals surface area contributed by atoms with Gasteiger partial charge in [-0.15, -0.1) is 11.3 Å². The maximum Gasteiger partial charge on any atom is 0.331 e. The molecular formula is C35H42N2O4S. The number of amides is 1. The van der Waals surface area contributed by atoms with Crippen molar-refractivity contribution < 1.29 is 19.4 Å². The first-order chi connectivity index (χ1) is 20.3. The highest BCUT2D eigenvalue weighted by Crippen LogP contribution is 2.36. The Morgan fingerprint density at radius 1 is 1.07 bits per heavy atom. The number of carbonyl (C=O) groups is 2. The number of rotatable bonds is 13. The number of hydrogen-bond donors (Lipinski definition) is 2. The van der Waals surface area contributed by atoms with E-state index in [0.29, 0.717) is 13.0 Å². The highest BCUT2D eigenvalue weighted by Gasteiger charge is 2.27. The predicted octanol–water partition coefficient (Wildman–Crippen LogP) is 8.40. The van der Waals surface area contributed by atoms with E-state index in [4.69, 9.17) is 9.72 Å². The van der Waals surface area contributed by atoms with Gasteiger partial charge in [0.2, 0.25) is 5.91 Å². The summed E-state index contributed by atoms with van der Waals surface area (Å²) >= 11 is 1.58. The van der Waals surface area contributed by atoms with Crippen LogP contribution in [0.3, 0.4) is 0 Å². The van der Waals surface area contributed by atoms with Crippen LogP contribution in [0.5, 0.6) is 5.75 Å². The van der Waals surface area contributed by atoms with Crippen molar-refractivity contribution in [1.29, 1.82) is 0 Å². The van der Waals surface area contributed by atoms with Crippen molar-refractivity contribution in [1.82, 2.24) is 10.3 Å². The molecule has 0 saturated heterocycles. The minimum absolute atomic E-state index is 0.0369. The lowest BCUT2D eigenvalue weighted by Crippen LogP contribution is -2.35. The highest BCUT2D eigenvalue weighted by molar-refractivity contribution is 7.15. The van der Waals surface area contributed by atoms with Gasteiger partial charge < -0.3 is 15.2 Å². The Morgan fingerprint density at radius 2 is 1.79 bits per heavy atom. The van der Waals surface area contributed by atoms with Crippen molar-refractivity contribution in [2.75, 3.05) is 6.61 Å². The number of unbranched alkanes of at least 4 members (excludes halogenated alkanes) is 1. The fourth-order valence-electron chi connectivity index (χ4n) is 5.20. The van der Waals surface area contributed by atoms with Crippen molar-refractivity contribution in [3.8, 4) is 16.2 Å². The summed E-state index contributed by atoms with van der Waals surface area (Å²) in [5.74, 6) is 0.0411. The van der Waals surface area contributed by atoms with Gasteiger partial charge in [0.05, 0.1) is 23.2 Å². The van der Waals surface area contributed by atoms with E-state index < -0.39 is 5.97 Å². The van der Waals surface area contributed by atoms with Crippen molar-refractivity contribution in [2.24, 2.45) is 5.92 Å². The van der Waals surface area contributed by atoms with Gasteiger partial charge in [-0.25, -0.2) is 9.78 Å². The Balaban J connectivity index is 1.68. The van der Waals surface area contributed by atoms with E-state index >= 15 is 0 Å². The van der Waals surface area contributed by atoms with Crippen LogP contribution in [0.2, 0.25) is 0 Å². The number of carboxylic acid groups (broad SMARTS) is 1. The molecule has 4 rings (SSSR count). The molecular weight excluding hydrogens is 544 g/mol. The largest absolute Gasteiger partial charge is 0.494 e. The average molecular weight is 587 g/mol. The number of ether oxygens (including phenoxy) is 1. The quantitative estimate of drug-likeness (QED) is 0.119. The minimum Gasteiger partial charge on any atom is -0.494 e. The van der Waals surface area contributed by atoms with E-state index in [0.717, 1.165) is 76.6 Å². The van der Waals surface area contributed by atoms with Crippen LogP contribution in [0.4, 0.5) is 0 Å². The number of thiazole rings is 1. The van der Waals surface area contributed by atoms with Crippen LogP contribution in [-0.4, -0.2) is 28.6 Å². The maximum absolute atomic E-state index is 13.5. The number of carboxylic acids is 1. The van der Waals surface area contributed by atoms with Gasteiger partial charge in [0, 0.05) is 11.5 Å². The monoisotopic (exact) mass is 586 g/mol. The van der Waals surface area contributed by atoms with Gasteiger partial charge in [-0.3, -0.25) is 4.79 Å². The molecule has 1 atom stereocenters. The van der Waals surface area contributed by atoms with Crippen molar-refractivity contribution in [3.05, 3.63) is 88.1 Å². The van der Waals surface area contributed by atoms with Crippen LogP contribution in [0, 0.1) is 5.92 Å². The van der Waals surface area contributed by atoms with Gasteiger partial charge in [-0.05, 0) is 80.5 Å². The molecule has 1 amide bonds. The molecule has 1 heterocycles. The first-order valence-corrected chi connectivity index (χ1v) is 15.8. The van der Waals surface area contributed by atoms with Crippen molar-refractivity contribution >= 4 is 29.3 Å². The second-order valence-corrected chi connectivity index (χ2v) is 12.1. The second kappa shape index (κ2) is 15.5. The molecule has 0 bridgehead atoms. The van der Waals surface area contributed by atoms with Crippen LogP contribution >= 0.6 is 11.3 Å². The number of carbonyl (C=O) groups excluding carboxylic acids is 1. The first-order valence-electron chi connectivity index (χ1n) is 15.0. The third kappa shape index (κ3) is 8.89. The first kappa shape index (κ1) is 31.2. The number of benzene rings is 2. The van der Waals surface area contributed by atoms with E-state index in [1.54, 1.807) is 24.3 Å². The zero-order valence-electron chi connectivity index (χ0n) is 24.9. The number of aliphatic carboxylic acids is 1. The SMILES string of the molecule is CCCCOc1ccc(C[C@H](NC(=O)C2CCCCC2)c2nc(/C=C(C)/C=C(/C)C(=O)O)c(-c3ccccc3)s2)cc1. The fraction of sp³-hybridized carbons (Fsp3) is 0.400. The fourth-order valence-corrected chi connectivity index (χ4v) is 6.30. The summed E-state index contributed by atoms with van der Waals surface area (Å²) < 4.78 is 5.85. The van der Waals surface area contributed by atoms with E-state index in [-0.39, 0.29) is 23.4 Å². The topological polar surface area (TPSA) is 88.5 Å². The van der Waals surface area contributed by atoms with Crippen LogP contribution in [-0.2, 0) is 16.0 Å². The molecule has 2 aromatic carbocycles. The van der Waals surface area contributed by atoms with Gasteiger partial charge >= 0.3 is 5.97 Å². The predicted molar refractivity (Wildman–Crippen MR) is 171 cm³/mol. The Kier molecular flexibility index (Phi) is 11.5. The summed E-state index contributed by atoms with van der Waals surface area (Å²) in [4.78, 5) is 30.9. The van der Waals surface area contributed by atoms with Crippen LogP contribution in [0.25, 0.3) is 16.5 Å². The molecule has 1 fully saturated rings. The van der Waals surface area contributed by atoms with Crippen LogP contribution < -0.4 is 10.1 Å². The van der Waals surface area contributed by atoms with E-state index in [9.17, 15) is 14.7 Å². The molecule has 42 heavy (non-hydrogen) atoms. The van der Waals surface area contributed by atoms with Crippen LogP contribution in [0.1, 0.15) is 88.0 Å². The molecule has 1 aliphatic rings. The highest BCUT2D eigenvalue weighted by atomic mass is 32.1. The van der Waals surface area contributed by atoms with Crippen molar-refractivity contribution in [2.45, 2.75) is 78.2 Å². The van der Waals surface area contributed by atoms with E-state index in [2.05, 4.69) is 36.5 Å². The van der Waals surface area contributed by atoms with Gasteiger partial charge in [0.25, 0.3) is 0 Å². The van der Waals surface area contributed by atoms with Gasteiger partial charge in [0.15, 0.2) is 0 Å². The third-order valence-corrected chi connectivity index (χ3v) is 8.81. The Bertz CT molecular complexity index is 1390. The normalized spacial score (nSPS) is 15.3. The number of nitrogens with one attached hydrogen (secondary N) is 1. The van der Waals surface area contributed by atoms with Gasteiger partial charge in [-0.1, -0.05) is 75.1 Å². The summed E-state index contributed by atoms with van der Waals surface area (Å²) in [6, 6.07) is 17.9. The number of aromatic nitrogens is 1. The van der Waals surface area contributed by atoms with E-state index in [1.165, 1.54) is 6.42 Å². The molecule has 0 radical (unpaired) electrons. The molecule has 0 spiro atoms. The molecule has 1 aliphatic carbocycles. The third-order valence-electron chi connectivity index (χ3n) is 7.57. The van der Waals surface area contributed by atoms with Gasteiger partial charge in [0.1, 0.15) is 10.8 Å². The zero-order chi connectivity index (χ0) is 29.9. The smallest absolute Gasteiger partial charge is 0.331 e.